The van der Waals surface area contributed by atoms with Gasteiger partial charge in [0.2, 0.25) is 5.56 Å². The van der Waals surface area contributed by atoms with Crippen molar-refractivity contribution in [2.24, 2.45) is 0 Å². The maximum Gasteiger partial charge on any atom is 0.417 e. The number of carbonyl (C=O) groups is 1. The minimum atomic E-state index is -4.62. The normalized spacial score (nSPS) is 11.2. The molecule has 2 aromatic rings. The van der Waals surface area contributed by atoms with Gasteiger partial charge in [-0.3, -0.25) is 9.59 Å². The maximum absolute atomic E-state index is 12.7. The molecule has 0 saturated carbocycles. The van der Waals surface area contributed by atoms with E-state index in [1.807, 2.05) is 0 Å². The molecule has 0 aliphatic carbocycles. The number of nitrogens with one attached hydrogen (secondary N) is 2. The Morgan fingerprint density at radius 2 is 1.90 bits per heavy atom. The molecular formula is C13H8ClF3N2O2. The Bertz CT molecular complexity index is 720. The first-order valence-electron chi connectivity index (χ1n) is 5.64. The summed E-state index contributed by atoms with van der Waals surface area (Å²) in [5.74, 6) is -0.651. The summed E-state index contributed by atoms with van der Waals surface area (Å²) in [5, 5.41) is 1.84. The SMILES string of the molecule is O=C(Nc1ccc(Cl)c(C(F)(F)F)c1)c1ccc(=O)[nH]c1. The second kappa shape index (κ2) is 5.61. The molecule has 2 N–H and O–H groups in total. The second-order valence-corrected chi connectivity index (χ2v) is 4.50. The highest BCUT2D eigenvalue weighted by Crippen LogP contribution is 2.36. The number of alkyl halides is 3. The Labute approximate surface area is 121 Å². The first-order valence-corrected chi connectivity index (χ1v) is 6.02. The third-order valence-electron chi connectivity index (χ3n) is 2.58. The molecule has 0 saturated heterocycles. The molecule has 1 aromatic heterocycles. The Kier molecular flexibility index (Phi) is 4.04. The summed E-state index contributed by atoms with van der Waals surface area (Å²) in [4.78, 5) is 25.0. The average molecular weight is 317 g/mol. The lowest BCUT2D eigenvalue weighted by atomic mass is 10.2. The number of pyridine rings is 1. The highest BCUT2D eigenvalue weighted by Gasteiger charge is 2.33. The molecule has 0 unspecified atom stereocenters. The van der Waals surface area contributed by atoms with E-state index in [9.17, 15) is 22.8 Å². The number of rotatable bonds is 2. The fraction of sp³-hybridized carbons (Fsp3) is 0.0769. The molecule has 2 rings (SSSR count). The zero-order valence-electron chi connectivity index (χ0n) is 10.3. The Morgan fingerprint density at radius 1 is 1.19 bits per heavy atom. The van der Waals surface area contributed by atoms with Gasteiger partial charge in [0.15, 0.2) is 0 Å². The highest BCUT2D eigenvalue weighted by atomic mass is 35.5. The minimum Gasteiger partial charge on any atom is -0.328 e. The van der Waals surface area contributed by atoms with Crippen molar-refractivity contribution in [1.29, 1.82) is 0 Å². The lowest BCUT2D eigenvalue weighted by Crippen LogP contribution is -2.15. The summed E-state index contributed by atoms with van der Waals surface area (Å²) in [6.45, 7) is 0. The van der Waals surface area contributed by atoms with Gasteiger partial charge in [0.1, 0.15) is 0 Å². The van der Waals surface area contributed by atoms with Crippen molar-refractivity contribution in [2.45, 2.75) is 6.18 Å². The number of hydrogen-bond acceptors (Lipinski definition) is 2. The molecule has 0 fully saturated rings. The van der Waals surface area contributed by atoms with E-state index in [2.05, 4.69) is 10.3 Å². The molecule has 110 valence electrons. The van der Waals surface area contributed by atoms with Gasteiger partial charge in [0, 0.05) is 18.0 Å². The second-order valence-electron chi connectivity index (χ2n) is 4.09. The van der Waals surface area contributed by atoms with Gasteiger partial charge in [-0.05, 0) is 24.3 Å². The lowest BCUT2D eigenvalue weighted by Gasteiger charge is -2.11. The maximum atomic E-state index is 12.7. The number of amides is 1. The predicted octanol–water partition coefficient (Wildman–Crippen LogP) is 3.30. The van der Waals surface area contributed by atoms with Crippen LogP contribution in [0.3, 0.4) is 0 Å². The molecule has 21 heavy (non-hydrogen) atoms. The molecule has 0 aliphatic heterocycles. The van der Waals surface area contributed by atoms with Crippen molar-refractivity contribution in [2.75, 3.05) is 5.32 Å². The van der Waals surface area contributed by atoms with Crippen molar-refractivity contribution in [3.63, 3.8) is 0 Å². The summed E-state index contributed by atoms with van der Waals surface area (Å²) < 4.78 is 38.1. The molecule has 0 spiro atoms. The summed E-state index contributed by atoms with van der Waals surface area (Å²) >= 11 is 5.48. The van der Waals surface area contributed by atoms with Gasteiger partial charge < -0.3 is 10.3 Å². The van der Waals surface area contributed by atoms with E-state index in [1.54, 1.807) is 0 Å². The molecule has 0 bridgehead atoms. The Balaban J connectivity index is 2.26. The van der Waals surface area contributed by atoms with Gasteiger partial charge in [0.05, 0.1) is 16.1 Å². The third kappa shape index (κ3) is 3.63. The smallest absolute Gasteiger partial charge is 0.328 e. The number of benzene rings is 1. The van der Waals surface area contributed by atoms with Crippen LogP contribution in [0.5, 0.6) is 0 Å². The summed E-state index contributed by atoms with van der Waals surface area (Å²) in [6, 6.07) is 5.44. The predicted molar refractivity (Wildman–Crippen MR) is 71.5 cm³/mol. The number of anilines is 1. The standard InChI is InChI=1S/C13H8ClF3N2O2/c14-10-3-2-8(5-9(10)13(15,16)17)19-12(21)7-1-4-11(20)18-6-7/h1-6H,(H,18,20)(H,19,21). The molecule has 1 amide bonds. The van der Waals surface area contributed by atoms with E-state index in [0.717, 1.165) is 24.4 Å². The van der Waals surface area contributed by atoms with Crippen LogP contribution < -0.4 is 10.9 Å². The van der Waals surface area contributed by atoms with Gasteiger partial charge >= 0.3 is 6.18 Å². The first-order chi connectivity index (χ1) is 9.77. The van der Waals surface area contributed by atoms with Crippen LogP contribution >= 0.6 is 11.6 Å². The van der Waals surface area contributed by atoms with Crippen molar-refractivity contribution in [3.05, 3.63) is 63.0 Å². The molecule has 4 nitrogen and oxygen atoms in total. The molecular weight excluding hydrogens is 309 g/mol. The lowest BCUT2D eigenvalue weighted by molar-refractivity contribution is -0.137. The summed E-state index contributed by atoms with van der Waals surface area (Å²) in [7, 11) is 0. The van der Waals surface area contributed by atoms with Crippen LogP contribution in [-0.4, -0.2) is 10.9 Å². The topological polar surface area (TPSA) is 62.0 Å². The van der Waals surface area contributed by atoms with Crippen LogP contribution in [-0.2, 0) is 6.18 Å². The molecule has 0 atom stereocenters. The number of H-pyrrole nitrogens is 1. The van der Waals surface area contributed by atoms with Gasteiger partial charge in [0.25, 0.3) is 5.91 Å². The van der Waals surface area contributed by atoms with E-state index >= 15 is 0 Å². The minimum absolute atomic E-state index is 0.0528. The highest BCUT2D eigenvalue weighted by molar-refractivity contribution is 6.31. The number of hydrogen-bond donors (Lipinski definition) is 2. The fourth-order valence-electron chi connectivity index (χ4n) is 1.58. The summed E-state index contributed by atoms with van der Waals surface area (Å²) in [5.41, 5.74) is -1.37. The van der Waals surface area contributed by atoms with Crippen molar-refractivity contribution in [3.8, 4) is 0 Å². The Hall–Kier alpha value is -2.28. The number of halogens is 4. The molecule has 0 aliphatic rings. The monoisotopic (exact) mass is 316 g/mol. The first kappa shape index (κ1) is 15.1. The van der Waals surface area contributed by atoms with Crippen LogP contribution in [0.15, 0.2) is 41.3 Å². The van der Waals surface area contributed by atoms with Gasteiger partial charge in [-0.1, -0.05) is 11.6 Å². The van der Waals surface area contributed by atoms with Crippen LogP contribution in [0.2, 0.25) is 5.02 Å². The van der Waals surface area contributed by atoms with Crippen LogP contribution in [0.25, 0.3) is 0 Å². The van der Waals surface area contributed by atoms with Gasteiger partial charge in [-0.15, -0.1) is 0 Å². The average Bonchev–Trinajstić information content (AvgIpc) is 2.40. The molecule has 1 heterocycles. The van der Waals surface area contributed by atoms with Gasteiger partial charge in [-0.25, -0.2) is 0 Å². The van der Waals surface area contributed by atoms with Crippen LogP contribution in [0.4, 0.5) is 18.9 Å². The largest absolute Gasteiger partial charge is 0.417 e. The molecule has 0 radical (unpaired) electrons. The van der Waals surface area contributed by atoms with Crippen molar-refractivity contribution < 1.29 is 18.0 Å². The van der Waals surface area contributed by atoms with Gasteiger partial charge in [-0.2, -0.15) is 13.2 Å². The quantitative estimate of drug-likeness (QED) is 0.893. The third-order valence-corrected chi connectivity index (χ3v) is 2.91. The van der Waals surface area contributed by atoms with Crippen molar-refractivity contribution >= 4 is 23.2 Å². The van der Waals surface area contributed by atoms with E-state index < -0.39 is 28.2 Å². The number of aromatic nitrogens is 1. The van der Waals surface area contributed by atoms with E-state index in [4.69, 9.17) is 11.6 Å². The van der Waals surface area contributed by atoms with E-state index in [-0.39, 0.29) is 11.3 Å². The zero-order valence-corrected chi connectivity index (χ0v) is 11.0. The van der Waals surface area contributed by atoms with E-state index in [0.29, 0.717) is 0 Å². The number of carbonyl (C=O) groups excluding carboxylic acids is 1. The molecule has 1 aromatic carbocycles. The van der Waals surface area contributed by atoms with Crippen LogP contribution in [0.1, 0.15) is 15.9 Å². The van der Waals surface area contributed by atoms with E-state index in [1.165, 1.54) is 12.1 Å². The van der Waals surface area contributed by atoms with Crippen molar-refractivity contribution in [1.82, 2.24) is 4.98 Å². The Morgan fingerprint density at radius 3 is 2.48 bits per heavy atom. The summed E-state index contributed by atoms with van der Waals surface area (Å²) in [6.07, 6.45) is -3.45. The molecule has 8 heteroatoms. The fourth-order valence-corrected chi connectivity index (χ4v) is 1.80. The zero-order chi connectivity index (χ0) is 15.6. The van der Waals surface area contributed by atoms with Crippen LogP contribution in [0, 0.1) is 0 Å². The number of aromatic amines is 1.